The SMILES string of the molecule is CCCN(C)c1ccc(Cl)cc1C(=O)O. The van der Waals surface area contributed by atoms with Crippen molar-refractivity contribution in [2.75, 3.05) is 18.5 Å². The summed E-state index contributed by atoms with van der Waals surface area (Å²) in [6.07, 6.45) is 0.970. The maximum Gasteiger partial charge on any atom is 0.337 e. The van der Waals surface area contributed by atoms with Crippen LogP contribution in [0.4, 0.5) is 5.69 Å². The molecule has 0 fully saturated rings. The molecule has 0 bridgehead atoms. The molecule has 1 rings (SSSR count). The molecule has 0 heterocycles. The Bertz CT molecular complexity index is 366. The van der Waals surface area contributed by atoms with Gasteiger partial charge in [0.1, 0.15) is 0 Å². The summed E-state index contributed by atoms with van der Waals surface area (Å²) in [5.74, 6) is -0.949. The van der Waals surface area contributed by atoms with E-state index in [1.54, 1.807) is 12.1 Å². The first-order valence-corrected chi connectivity index (χ1v) is 5.18. The molecule has 0 saturated carbocycles. The number of benzene rings is 1. The second-order valence-corrected chi connectivity index (χ2v) is 3.82. The van der Waals surface area contributed by atoms with Gasteiger partial charge in [0.05, 0.1) is 11.3 Å². The van der Waals surface area contributed by atoms with Crippen molar-refractivity contribution < 1.29 is 9.90 Å². The number of carbonyl (C=O) groups is 1. The molecule has 0 radical (unpaired) electrons. The quantitative estimate of drug-likeness (QED) is 0.860. The van der Waals surface area contributed by atoms with Gasteiger partial charge in [0, 0.05) is 18.6 Å². The van der Waals surface area contributed by atoms with Crippen molar-refractivity contribution in [3.63, 3.8) is 0 Å². The molecule has 0 spiro atoms. The van der Waals surface area contributed by atoms with Crippen molar-refractivity contribution >= 4 is 23.3 Å². The van der Waals surface area contributed by atoms with E-state index in [0.29, 0.717) is 10.7 Å². The zero-order valence-electron chi connectivity index (χ0n) is 8.83. The molecular weight excluding hydrogens is 214 g/mol. The number of halogens is 1. The van der Waals surface area contributed by atoms with Gasteiger partial charge in [0.25, 0.3) is 0 Å². The molecule has 0 aliphatic carbocycles. The van der Waals surface area contributed by atoms with Crippen LogP contribution in [0.3, 0.4) is 0 Å². The number of carboxylic acids is 1. The Balaban J connectivity index is 3.10. The predicted octanol–water partition coefficient (Wildman–Crippen LogP) is 2.88. The van der Waals surface area contributed by atoms with E-state index in [9.17, 15) is 4.79 Å². The molecule has 0 atom stereocenters. The third-order valence-electron chi connectivity index (χ3n) is 2.16. The zero-order chi connectivity index (χ0) is 11.4. The van der Waals surface area contributed by atoms with E-state index < -0.39 is 5.97 Å². The fourth-order valence-corrected chi connectivity index (χ4v) is 1.64. The fourth-order valence-electron chi connectivity index (χ4n) is 1.47. The topological polar surface area (TPSA) is 40.5 Å². The molecule has 1 N–H and O–H groups in total. The number of hydrogen-bond acceptors (Lipinski definition) is 2. The fraction of sp³-hybridized carbons (Fsp3) is 0.364. The highest BCUT2D eigenvalue weighted by atomic mass is 35.5. The first-order valence-electron chi connectivity index (χ1n) is 4.80. The summed E-state index contributed by atoms with van der Waals surface area (Å²) in [5, 5.41) is 9.47. The molecule has 3 nitrogen and oxygen atoms in total. The monoisotopic (exact) mass is 227 g/mol. The van der Waals surface area contributed by atoms with Crippen molar-refractivity contribution in [3.8, 4) is 0 Å². The maximum absolute atomic E-state index is 11.0. The number of rotatable bonds is 4. The Kier molecular flexibility index (Phi) is 3.97. The highest BCUT2D eigenvalue weighted by Gasteiger charge is 2.13. The number of carboxylic acid groups (broad SMARTS) is 1. The van der Waals surface area contributed by atoms with Crippen LogP contribution in [-0.2, 0) is 0 Å². The van der Waals surface area contributed by atoms with E-state index >= 15 is 0 Å². The molecule has 0 aromatic heterocycles. The normalized spacial score (nSPS) is 10.1. The minimum absolute atomic E-state index is 0.249. The number of hydrogen-bond donors (Lipinski definition) is 1. The number of nitrogens with zero attached hydrogens (tertiary/aromatic N) is 1. The van der Waals surface area contributed by atoms with Crippen LogP contribution in [0.25, 0.3) is 0 Å². The van der Waals surface area contributed by atoms with Crippen LogP contribution in [0.1, 0.15) is 23.7 Å². The summed E-state index contributed by atoms with van der Waals surface area (Å²) in [6, 6.07) is 4.92. The standard InChI is InChI=1S/C11H14ClNO2/c1-3-6-13(2)10-5-4-8(12)7-9(10)11(14)15/h4-5,7H,3,6H2,1-2H3,(H,14,15). The Morgan fingerprint density at radius 3 is 2.73 bits per heavy atom. The lowest BCUT2D eigenvalue weighted by molar-refractivity contribution is 0.0697. The van der Waals surface area contributed by atoms with Crippen molar-refractivity contribution in [2.45, 2.75) is 13.3 Å². The molecule has 0 saturated heterocycles. The minimum Gasteiger partial charge on any atom is -0.478 e. The maximum atomic E-state index is 11.0. The zero-order valence-corrected chi connectivity index (χ0v) is 9.58. The van der Waals surface area contributed by atoms with Crippen molar-refractivity contribution in [3.05, 3.63) is 28.8 Å². The van der Waals surface area contributed by atoms with Gasteiger partial charge in [-0.15, -0.1) is 0 Å². The van der Waals surface area contributed by atoms with Gasteiger partial charge >= 0.3 is 5.97 Å². The summed E-state index contributed by atoms with van der Waals surface area (Å²) in [5.41, 5.74) is 0.951. The third kappa shape index (κ3) is 2.86. The van der Waals surface area contributed by atoms with Crippen LogP contribution in [0.15, 0.2) is 18.2 Å². The second-order valence-electron chi connectivity index (χ2n) is 3.39. The number of anilines is 1. The Hall–Kier alpha value is -1.22. The van der Waals surface area contributed by atoms with Crippen LogP contribution in [0.2, 0.25) is 5.02 Å². The van der Waals surface area contributed by atoms with Gasteiger partial charge in [-0.1, -0.05) is 18.5 Å². The van der Waals surface area contributed by atoms with E-state index in [1.165, 1.54) is 6.07 Å². The van der Waals surface area contributed by atoms with Gasteiger partial charge < -0.3 is 10.0 Å². The van der Waals surface area contributed by atoms with Crippen LogP contribution < -0.4 is 4.90 Å². The van der Waals surface area contributed by atoms with Crippen molar-refractivity contribution in [1.29, 1.82) is 0 Å². The molecule has 82 valence electrons. The summed E-state index contributed by atoms with van der Waals surface area (Å²) < 4.78 is 0. The number of aromatic carboxylic acids is 1. The van der Waals surface area contributed by atoms with Crippen LogP contribution in [-0.4, -0.2) is 24.7 Å². The molecule has 0 unspecified atom stereocenters. The average Bonchev–Trinajstić information content (AvgIpc) is 2.17. The molecule has 1 aromatic carbocycles. The van der Waals surface area contributed by atoms with E-state index in [-0.39, 0.29) is 5.56 Å². The lowest BCUT2D eigenvalue weighted by atomic mass is 10.1. The molecule has 0 aliphatic rings. The van der Waals surface area contributed by atoms with Gasteiger partial charge in [-0.05, 0) is 24.6 Å². The Morgan fingerprint density at radius 1 is 1.53 bits per heavy atom. The van der Waals surface area contributed by atoms with Gasteiger partial charge in [-0.3, -0.25) is 0 Å². The van der Waals surface area contributed by atoms with Crippen LogP contribution in [0, 0.1) is 0 Å². The summed E-state index contributed by atoms with van der Waals surface area (Å²) >= 11 is 5.76. The third-order valence-corrected chi connectivity index (χ3v) is 2.39. The van der Waals surface area contributed by atoms with Crippen molar-refractivity contribution in [1.82, 2.24) is 0 Å². The van der Waals surface area contributed by atoms with Gasteiger partial charge in [-0.25, -0.2) is 4.79 Å². The van der Waals surface area contributed by atoms with Gasteiger partial charge in [0.15, 0.2) is 0 Å². The molecule has 1 aromatic rings. The lowest BCUT2D eigenvalue weighted by Gasteiger charge is -2.20. The summed E-state index contributed by atoms with van der Waals surface area (Å²) in [4.78, 5) is 12.9. The van der Waals surface area contributed by atoms with Crippen LogP contribution in [0.5, 0.6) is 0 Å². The average molecular weight is 228 g/mol. The molecule has 0 aliphatic heterocycles. The molecular formula is C11H14ClNO2. The van der Waals surface area contributed by atoms with E-state index in [4.69, 9.17) is 16.7 Å². The summed E-state index contributed by atoms with van der Waals surface area (Å²) in [7, 11) is 1.87. The van der Waals surface area contributed by atoms with Gasteiger partial charge in [-0.2, -0.15) is 0 Å². The highest BCUT2D eigenvalue weighted by Crippen LogP contribution is 2.23. The Morgan fingerprint density at radius 2 is 2.20 bits per heavy atom. The van der Waals surface area contributed by atoms with E-state index in [0.717, 1.165) is 13.0 Å². The van der Waals surface area contributed by atoms with Crippen LogP contribution >= 0.6 is 11.6 Å². The first kappa shape index (κ1) is 11.9. The summed E-state index contributed by atoms with van der Waals surface area (Å²) in [6.45, 7) is 2.87. The highest BCUT2D eigenvalue weighted by molar-refractivity contribution is 6.31. The largest absolute Gasteiger partial charge is 0.478 e. The second kappa shape index (κ2) is 5.03. The first-order chi connectivity index (χ1) is 7.06. The molecule has 0 amide bonds. The van der Waals surface area contributed by atoms with Gasteiger partial charge in [0.2, 0.25) is 0 Å². The molecule has 4 heteroatoms. The van der Waals surface area contributed by atoms with Crippen molar-refractivity contribution in [2.24, 2.45) is 0 Å². The van der Waals surface area contributed by atoms with E-state index in [2.05, 4.69) is 0 Å². The van der Waals surface area contributed by atoms with E-state index in [1.807, 2.05) is 18.9 Å². The molecule has 15 heavy (non-hydrogen) atoms. The Labute approximate surface area is 94.3 Å². The lowest BCUT2D eigenvalue weighted by Crippen LogP contribution is -2.20. The smallest absolute Gasteiger partial charge is 0.337 e. The minimum atomic E-state index is -0.949. The predicted molar refractivity (Wildman–Crippen MR) is 62.0 cm³/mol.